The molecule has 1 aromatic heterocycles. The van der Waals surface area contributed by atoms with E-state index in [1.165, 1.54) is 4.57 Å². The van der Waals surface area contributed by atoms with Crippen LogP contribution in [-0.4, -0.2) is 40.4 Å². The molecule has 1 aliphatic heterocycles. The van der Waals surface area contributed by atoms with Gasteiger partial charge in [-0.25, -0.2) is 4.79 Å². The Labute approximate surface area is 185 Å². The number of hydrogen-bond donors (Lipinski definition) is 3. The minimum absolute atomic E-state index is 0.0517. The molecule has 1 saturated heterocycles. The van der Waals surface area contributed by atoms with Gasteiger partial charge in [0.25, 0.3) is 5.91 Å². The second-order valence-electron chi connectivity index (χ2n) is 7.79. The fourth-order valence-electron chi connectivity index (χ4n) is 3.53. The van der Waals surface area contributed by atoms with Crippen molar-refractivity contribution in [3.8, 4) is 29.2 Å². The van der Waals surface area contributed by atoms with E-state index in [2.05, 4.69) is 22.5 Å². The molecule has 0 bridgehead atoms. The van der Waals surface area contributed by atoms with Crippen molar-refractivity contribution in [3.05, 3.63) is 54.2 Å². The number of ether oxygens (including phenoxy) is 2. The molecule has 8 heteroatoms. The Morgan fingerprint density at radius 3 is 2.47 bits per heavy atom. The molecule has 8 nitrogen and oxygen atoms in total. The molecule has 2 heterocycles. The summed E-state index contributed by atoms with van der Waals surface area (Å²) in [6.45, 7) is 3.80. The highest BCUT2D eigenvalue weighted by atomic mass is 16.5. The zero-order chi connectivity index (χ0) is 22.9. The quantitative estimate of drug-likeness (QED) is 0.424. The van der Waals surface area contributed by atoms with E-state index in [0.29, 0.717) is 22.4 Å². The predicted molar refractivity (Wildman–Crippen MR) is 119 cm³/mol. The summed E-state index contributed by atoms with van der Waals surface area (Å²) in [5.74, 6) is 6.54. The monoisotopic (exact) mass is 433 g/mol. The van der Waals surface area contributed by atoms with Crippen LogP contribution in [0.15, 0.2) is 48.7 Å². The van der Waals surface area contributed by atoms with Crippen LogP contribution >= 0.6 is 0 Å². The zero-order valence-electron chi connectivity index (χ0n) is 17.9. The molecule has 3 N–H and O–H groups in total. The second-order valence-corrected chi connectivity index (χ2v) is 7.79. The van der Waals surface area contributed by atoms with Gasteiger partial charge in [0, 0.05) is 22.5 Å². The lowest BCUT2D eigenvalue weighted by Gasteiger charge is -2.20. The summed E-state index contributed by atoms with van der Waals surface area (Å²) in [4.78, 5) is 24.6. The van der Waals surface area contributed by atoms with Crippen molar-refractivity contribution in [1.82, 2.24) is 15.2 Å². The van der Waals surface area contributed by atoms with Crippen LogP contribution in [0.1, 0.15) is 19.4 Å². The first-order valence-electron chi connectivity index (χ1n) is 10.1. The van der Waals surface area contributed by atoms with Gasteiger partial charge in [-0.3, -0.25) is 10.1 Å². The maximum Gasteiger partial charge on any atom is 0.323 e. The lowest BCUT2D eigenvalue weighted by atomic mass is 10.00. The molecule has 0 radical (unpaired) electrons. The molecule has 4 rings (SSSR count). The third-order valence-corrected chi connectivity index (χ3v) is 5.06. The molecule has 0 spiro atoms. The number of carbonyl (C=O) groups is 2. The maximum absolute atomic E-state index is 12.7. The zero-order valence-corrected chi connectivity index (χ0v) is 17.9. The van der Waals surface area contributed by atoms with Crippen molar-refractivity contribution in [2.75, 3.05) is 7.11 Å². The van der Waals surface area contributed by atoms with Crippen molar-refractivity contribution in [3.63, 3.8) is 0 Å². The Bertz CT molecular complexity index is 1250. The highest BCUT2D eigenvalue weighted by Gasteiger charge is 2.46. The standard InChI is InChI=1S/C24H23N3O5/c1-15(2)32-18-7-4-16(5-8-18)10-11-24(22(29)25-23(30)26-24)14-27-13-17-6-9-19(31-3)12-20(17)21(27)28/h4-9,12-13,15,28H,14H2,1-3H3,(H2,25,26,29,30)/t24-/m1/s1. The number of nitrogens with one attached hydrogen (secondary N) is 2. The Morgan fingerprint density at radius 1 is 1.12 bits per heavy atom. The largest absolute Gasteiger partial charge is 0.497 e. The van der Waals surface area contributed by atoms with E-state index >= 15 is 0 Å². The first kappa shape index (κ1) is 21.1. The number of rotatable bonds is 5. The van der Waals surface area contributed by atoms with Gasteiger partial charge in [0.2, 0.25) is 5.54 Å². The molecule has 32 heavy (non-hydrogen) atoms. The van der Waals surface area contributed by atoms with Crippen LogP contribution in [0, 0.1) is 11.8 Å². The van der Waals surface area contributed by atoms with Gasteiger partial charge >= 0.3 is 6.03 Å². The summed E-state index contributed by atoms with van der Waals surface area (Å²) in [6, 6.07) is 11.8. The van der Waals surface area contributed by atoms with Gasteiger partial charge in [0.1, 0.15) is 11.5 Å². The number of aromatic nitrogens is 1. The van der Waals surface area contributed by atoms with Crippen LogP contribution in [0.4, 0.5) is 4.79 Å². The minimum Gasteiger partial charge on any atom is -0.497 e. The number of aromatic hydroxyl groups is 1. The molecular formula is C24H23N3O5. The number of fused-ring (bicyclic) bond motifs is 1. The van der Waals surface area contributed by atoms with Gasteiger partial charge in [-0.1, -0.05) is 11.8 Å². The van der Waals surface area contributed by atoms with Crippen LogP contribution in [0.2, 0.25) is 0 Å². The van der Waals surface area contributed by atoms with E-state index in [1.807, 2.05) is 13.8 Å². The highest BCUT2D eigenvalue weighted by molar-refractivity contribution is 6.09. The summed E-state index contributed by atoms with van der Waals surface area (Å²) in [6.07, 6.45) is 1.75. The molecule has 0 unspecified atom stereocenters. The van der Waals surface area contributed by atoms with Gasteiger partial charge < -0.3 is 24.5 Å². The summed E-state index contributed by atoms with van der Waals surface area (Å²) >= 11 is 0. The molecular weight excluding hydrogens is 410 g/mol. The number of carbonyl (C=O) groups excluding carboxylic acids is 2. The maximum atomic E-state index is 12.7. The topological polar surface area (TPSA) is 102 Å². The SMILES string of the molecule is COc1ccc2cn(C[C@@]3(C#Cc4ccc(OC(C)C)cc4)NC(=O)NC3=O)c(O)c2c1. The molecule has 1 aliphatic rings. The van der Waals surface area contributed by atoms with Crippen molar-refractivity contribution in [1.29, 1.82) is 0 Å². The number of nitrogens with zero attached hydrogens (tertiary/aromatic N) is 1. The smallest absolute Gasteiger partial charge is 0.323 e. The molecule has 0 saturated carbocycles. The molecule has 2 aromatic carbocycles. The molecule has 164 valence electrons. The molecule has 0 aliphatic carbocycles. The van der Waals surface area contributed by atoms with Crippen LogP contribution in [0.5, 0.6) is 17.4 Å². The predicted octanol–water partition coefficient (Wildman–Crippen LogP) is 2.77. The average molecular weight is 433 g/mol. The number of methoxy groups -OCH3 is 1. The average Bonchev–Trinajstić information content (AvgIpc) is 3.22. The lowest BCUT2D eigenvalue weighted by molar-refractivity contribution is -0.122. The van der Waals surface area contributed by atoms with Gasteiger partial charge in [0.05, 0.1) is 19.8 Å². The summed E-state index contributed by atoms with van der Waals surface area (Å²) < 4.78 is 12.3. The normalized spacial score (nSPS) is 17.6. The van der Waals surface area contributed by atoms with Crippen molar-refractivity contribution in [2.45, 2.75) is 32.0 Å². The van der Waals surface area contributed by atoms with Crippen LogP contribution in [-0.2, 0) is 11.3 Å². The highest BCUT2D eigenvalue weighted by Crippen LogP contribution is 2.32. The Kier molecular flexibility index (Phi) is 5.41. The van der Waals surface area contributed by atoms with E-state index in [1.54, 1.807) is 55.8 Å². The number of hydrogen-bond acceptors (Lipinski definition) is 5. The van der Waals surface area contributed by atoms with Gasteiger partial charge in [-0.2, -0.15) is 0 Å². The van der Waals surface area contributed by atoms with Crippen molar-refractivity contribution < 1.29 is 24.2 Å². The van der Waals surface area contributed by atoms with E-state index in [0.717, 1.165) is 5.39 Å². The van der Waals surface area contributed by atoms with Crippen LogP contribution in [0.3, 0.4) is 0 Å². The first-order chi connectivity index (χ1) is 15.3. The molecule has 1 atom stereocenters. The first-order valence-corrected chi connectivity index (χ1v) is 10.1. The van der Waals surface area contributed by atoms with E-state index < -0.39 is 17.5 Å². The van der Waals surface area contributed by atoms with Gasteiger partial charge in [-0.15, -0.1) is 0 Å². The van der Waals surface area contributed by atoms with E-state index in [9.17, 15) is 14.7 Å². The van der Waals surface area contributed by atoms with Gasteiger partial charge in [-0.05, 0) is 56.3 Å². The number of benzene rings is 2. The van der Waals surface area contributed by atoms with Crippen LogP contribution < -0.4 is 20.1 Å². The summed E-state index contributed by atoms with van der Waals surface area (Å²) in [5.41, 5.74) is -0.887. The Morgan fingerprint density at radius 2 is 1.84 bits per heavy atom. The Balaban J connectivity index is 1.68. The van der Waals surface area contributed by atoms with E-state index in [4.69, 9.17) is 9.47 Å². The Hall–Kier alpha value is -4.12. The van der Waals surface area contributed by atoms with Gasteiger partial charge in [0.15, 0.2) is 5.88 Å². The lowest BCUT2D eigenvalue weighted by Crippen LogP contribution is -2.49. The van der Waals surface area contributed by atoms with Crippen molar-refractivity contribution >= 4 is 22.7 Å². The summed E-state index contributed by atoms with van der Waals surface area (Å²) in [5, 5.41) is 16.9. The summed E-state index contributed by atoms with van der Waals surface area (Å²) in [7, 11) is 1.54. The third kappa shape index (κ3) is 4.05. The fourth-order valence-corrected chi connectivity index (χ4v) is 3.53. The minimum atomic E-state index is -1.54. The van der Waals surface area contributed by atoms with Crippen LogP contribution in [0.25, 0.3) is 10.8 Å². The third-order valence-electron chi connectivity index (χ3n) is 5.06. The molecule has 3 amide bonds. The molecule has 3 aromatic rings. The molecule has 1 fully saturated rings. The number of urea groups is 1. The second kappa shape index (κ2) is 8.19. The van der Waals surface area contributed by atoms with Crippen molar-refractivity contribution in [2.24, 2.45) is 0 Å². The fraction of sp³-hybridized carbons (Fsp3) is 0.250. The van der Waals surface area contributed by atoms with E-state index in [-0.39, 0.29) is 18.5 Å². The number of amides is 3. The number of imide groups is 1.